The van der Waals surface area contributed by atoms with E-state index in [1.165, 1.54) is 0 Å². The van der Waals surface area contributed by atoms with Gasteiger partial charge in [-0.25, -0.2) is 4.79 Å². The minimum atomic E-state index is -0.350. The van der Waals surface area contributed by atoms with Gasteiger partial charge in [0, 0.05) is 17.3 Å². The average Bonchev–Trinajstić information content (AvgIpc) is 2.95. The number of carbonyl (C=O) groups is 1. The van der Waals surface area contributed by atoms with Crippen molar-refractivity contribution in [3.8, 4) is 0 Å². The van der Waals surface area contributed by atoms with Crippen LogP contribution in [0.3, 0.4) is 0 Å². The van der Waals surface area contributed by atoms with Gasteiger partial charge in [0.25, 0.3) is 0 Å². The van der Waals surface area contributed by atoms with Crippen molar-refractivity contribution in [3.05, 3.63) is 63.5 Å². The molecular formula is C18H19ClN4O2. The summed E-state index contributed by atoms with van der Waals surface area (Å²) in [6, 6.07) is 12.5. The normalized spacial score (nSPS) is 12.5. The Morgan fingerprint density at radius 2 is 1.92 bits per heavy atom. The van der Waals surface area contributed by atoms with E-state index in [2.05, 4.69) is 15.3 Å². The number of aromatic amines is 2. The Hall–Kier alpha value is -2.57. The lowest BCUT2D eigenvalue weighted by Gasteiger charge is -2.24. The van der Waals surface area contributed by atoms with Crippen molar-refractivity contribution in [1.82, 2.24) is 14.9 Å². The van der Waals surface area contributed by atoms with Gasteiger partial charge in [0.05, 0.1) is 17.1 Å². The number of halogens is 1. The predicted octanol–water partition coefficient (Wildman–Crippen LogP) is 2.97. The second kappa shape index (κ2) is 7.13. The van der Waals surface area contributed by atoms with Crippen molar-refractivity contribution in [2.75, 3.05) is 12.4 Å². The van der Waals surface area contributed by atoms with Crippen LogP contribution in [0.5, 0.6) is 0 Å². The molecule has 0 saturated carbocycles. The number of likely N-dealkylation sites (N-methyl/N-ethyl adjacent to an activating group) is 1. The van der Waals surface area contributed by atoms with Gasteiger partial charge < -0.3 is 15.3 Å². The van der Waals surface area contributed by atoms with Gasteiger partial charge in [0.1, 0.15) is 0 Å². The Bertz CT molecular complexity index is 963. The highest BCUT2D eigenvalue weighted by atomic mass is 35.5. The van der Waals surface area contributed by atoms with E-state index in [9.17, 15) is 9.59 Å². The number of benzene rings is 2. The van der Waals surface area contributed by atoms with Crippen molar-refractivity contribution in [1.29, 1.82) is 0 Å². The number of aromatic nitrogens is 2. The molecule has 3 rings (SSSR count). The molecule has 1 aromatic heterocycles. The van der Waals surface area contributed by atoms with Gasteiger partial charge in [-0.2, -0.15) is 0 Å². The van der Waals surface area contributed by atoms with E-state index in [1.807, 2.05) is 43.1 Å². The summed E-state index contributed by atoms with van der Waals surface area (Å²) < 4.78 is 0. The quantitative estimate of drug-likeness (QED) is 0.656. The van der Waals surface area contributed by atoms with Crippen LogP contribution in [0.4, 0.5) is 5.69 Å². The highest BCUT2D eigenvalue weighted by molar-refractivity contribution is 6.31. The van der Waals surface area contributed by atoms with Crippen molar-refractivity contribution in [2.45, 2.75) is 19.5 Å². The number of carbonyl (C=O) groups excluding carboxylic acids is 1. The zero-order valence-electron chi connectivity index (χ0n) is 14.0. The van der Waals surface area contributed by atoms with E-state index in [0.717, 1.165) is 5.56 Å². The standard InChI is InChI=1S/C18H19ClN4O2/c1-11(23(2)10-12-5-3-4-6-14(12)19)17(24)20-13-7-8-15-16(9-13)22-18(25)21-15/h3-9,11H,10H2,1-2H3,(H,20,24)(H2,21,22,25). The fraction of sp³-hybridized carbons (Fsp3) is 0.222. The zero-order chi connectivity index (χ0) is 18.0. The Morgan fingerprint density at radius 3 is 2.68 bits per heavy atom. The van der Waals surface area contributed by atoms with Gasteiger partial charge in [0.15, 0.2) is 0 Å². The smallest absolute Gasteiger partial charge is 0.323 e. The minimum Gasteiger partial charge on any atom is -0.325 e. The number of nitrogens with one attached hydrogen (secondary N) is 3. The lowest BCUT2D eigenvalue weighted by molar-refractivity contribution is -0.120. The molecule has 0 aliphatic rings. The minimum absolute atomic E-state index is 0.133. The Balaban J connectivity index is 1.68. The number of imidazole rings is 1. The van der Waals surface area contributed by atoms with E-state index in [4.69, 9.17) is 11.6 Å². The molecule has 0 aliphatic carbocycles. The van der Waals surface area contributed by atoms with Crippen LogP contribution in [0, 0.1) is 0 Å². The molecular weight excluding hydrogens is 340 g/mol. The van der Waals surface area contributed by atoms with Gasteiger partial charge >= 0.3 is 5.69 Å². The van der Waals surface area contributed by atoms with Crippen molar-refractivity contribution in [2.24, 2.45) is 0 Å². The maximum atomic E-state index is 12.5. The van der Waals surface area contributed by atoms with Gasteiger partial charge in [-0.05, 0) is 43.8 Å². The molecule has 25 heavy (non-hydrogen) atoms. The summed E-state index contributed by atoms with van der Waals surface area (Å²) in [4.78, 5) is 31.1. The van der Waals surface area contributed by atoms with Crippen LogP contribution in [0.25, 0.3) is 11.0 Å². The Labute approximate surface area is 149 Å². The molecule has 1 amide bonds. The molecule has 3 N–H and O–H groups in total. The topological polar surface area (TPSA) is 81.0 Å². The Morgan fingerprint density at radius 1 is 1.20 bits per heavy atom. The zero-order valence-corrected chi connectivity index (χ0v) is 14.7. The van der Waals surface area contributed by atoms with Crippen molar-refractivity contribution >= 4 is 34.2 Å². The average molecular weight is 359 g/mol. The Kier molecular flexibility index (Phi) is 4.92. The number of nitrogens with zero attached hydrogens (tertiary/aromatic N) is 1. The fourth-order valence-electron chi connectivity index (χ4n) is 2.59. The monoisotopic (exact) mass is 358 g/mol. The first kappa shape index (κ1) is 17.3. The molecule has 3 aromatic rings. The first-order chi connectivity index (χ1) is 11.9. The lowest BCUT2D eigenvalue weighted by atomic mass is 10.2. The molecule has 1 heterocycles. The summed E-state index contributed by atoms with van der Waals surface area (Å²) >= 11 is 6.18. The van der Waals surface area contributed by atoms with Crippen molar-refractivity contribution < 1.29 is 4.79 Å². The van der Waals surface area contributed by atoms with E-state index >= 15 is 0 Å². The summed E-state index contributed by atoms with van der Waals surface area (Å²) in [5.74, 6) is -0.133. The van der Waals surface area contributed by atoms with Crippen LogP contribution in [0.1, 0.15) is 12.5 Å². The summed E-state index contributed by atoms with van der Waals surface area (Å²) in [6.07, 6.45) is 0. The van der Waals surface area contributed by atoms with Gasteiger partial charge in [-0.15, -0.1) is 0 Å². The molecule has 7 heteroatoms. The SMILES string of the molecule is CC(C(=O)Nc1ccc2[nH]c(=O)[nH]c2c1)N(C)Cc1ccccc1Cl. The third-order valence-electron chi connectivity index (χ3n) is 4.20. The second-order valence-corrected chi connectivity index (χ2v) is 6.42. The van der Waals surface area contributed by atoms with Crippen LogP contribution >= 0.6 is 11.6 Å². The van der Waals surface area contributed by atoms with E-state index < -0.39 is 0 Å². The molecule has 2 aromatic carbocycles. The largest absolute Gasteiger partial charge is 0.325 e. The number of anilines is 1. The first-order valence-electron chi connectivity index (χ1n) is 7.90. The first-order valence-corrected chi connectivity index (χ1v) is 8.28. The molecule has 0 spiro atoms. The number of amides is 1. The van der Waals surface area contributed by atoms with Crippen molar-refractivity contribution in [3.63, 3.8) is 0 Å². The molecule has 130 valence electrons. The highest BCUT2D eigenvalue weighted by Gasteiger charge is 2.19. The lowest BCUT2D eigenvalue weighted by Crippen LogP contribution is -2.39. The molecule has 0 fully saturated rings. The summed E-state index contributed by atoms with van der Waals surface area (Å²) in [7, 11) is 1.88. The molecule has 0 radical (unpaired) electrons. The third-order valence-corrected chi connectivity index (χ3v) is 4.57. The summed E-state index contributed by atoms with van der Waals surface area (Å²) in [5.41, 5.74) is 2.68. The number of fused-ring (bicyclic) bond motifs is 1. The van der Waals surface area contributed by atoms with Gasteiger partial charge in [-0.1, -0.05) is 29.8 Å². The van der Waals surface area contributed by atoms with Crippen LogP contribution in [0.2, 0.25) is 5.02 Å². The van der Waals surface area contributed by atoms with Crippen LogP contribution in [-0.2, 0) is 11.3 Å². The fourth-order valence-corrected chi connectivity index (χ4v) is 2.78. The number of hydrogen-bond donors (Lipinski definition) is 3. The van der Waals surface area contributed by atoms with E-state index in [0.29, 0.717) is 28.3 Å². The third kappa shape index (κ3) is 3.92. The molecule has 6 nitrogen and oxygen atoms in total. The van der Waals surface area contributed by atoms with Crippen LogP contribution in [0.15, 0.2) is 47.3 Å². The molecule has 0 bridgehead atoms. The number of H-pyrrole nitrogens is 2. The van der Waals surface area contributed by atoms with E-state index in [1.54, 1.807) is 18.2 Å². The van der Waals surface area contributed by atoms with Gasteiger partial charge in [0.2, 0.25) is 5.91 Å². The molecule has 0 aliphatic heterocycles. The summed E-state index contributed by atoms with van der Waals surface area (Å²) in [6.45, 7) is 2.40. The predicted molar refractivity (Wildman–Crippen MR) is 99.9 cm³/mol. The van der Waals surface area contributed by atoms with Crippen LogP contribution < -0.4 is 11.0 Å². The number of hydrogen-bond acceptors (Lipinski definition) is 3. The van der Waals surface area contributed by atoms with E-state index in [-0.39, 0.29) is 17.6 Å². The van der Waals surface area contributed by atoms with Gasteiger partial charge in [-0.3, -0.25) is 9.69 Å². The molecule has 0 saturated heterocycles. The molecule has 1 atom stereocenters. The highest BCUT2D eigenvalue weighted by Crippen LogP contribution is 2.18. The van der Waals surface area contributed by atoms with Crippen LogP contribution in [-0.4, -0.2) is 33.9 Å². The maximum absolute atomic E-state index is 12.5. The second-order valence-electron chi connectivity index (χ2n) is 6.01. The molecule has 1 unspecified atom stereocenters. The number of rotatable bonds is 5. The maximum Gasteiger partial charge on any atom is 0.323 e. The summed E-state index contributed by atoms with van der Waals surface area (Å²) in [5, 5.41) is 3.56.